The Hall–Kier alpha value is -1.90. The predicted molar refractivity (Wildman–Crippen MR) is 134 cm³/mol. The Morgan fingerprint density at radius 1 is 1.17 bits per heavy atom. The highest BCUT2D eigenvalue weighted by Crippen LogP contribution is 2.50. The number of carbonyl (C=O) groups excluding carboxylic acids is 2. The van der Waals surface area contributed by atoms with Gasteiger partial charge in [0, 0.05) is 25.0 Å². The lowest BCUT2D eigenvalue weighted by Crippen LogP contribution is -2.61. The number of aliphatic hydroxyl groups is 1. The van der Waals surface area contributed by atoms with Gasteiger partial charge in [0.05, 0.1) is 36.9 Å². The molecular weight excluding hydrogens is 444 g/mol. The van der Waals surface area contributed by atoms with Crippen LogP contribution in [0.4, 0.5) is 4.79 Å². The van der Waals surface area contributed by atoms with Crippen molar-refractivity contribution in [1.29, 1.82) is 0 Å². The summed E-state index contributed by atoms with van der Waals surface area (Å²) in [5, 5.41) is 14.0. The van der Waals surface area contributed by atoms with Crippen LogP contribution in [0.15, 0.2) is 24.3 Å². The molecule has 4 fully saturated rings. The van der Waals surface area contributed by atoms with Crippen molar-refractivity contribution >= 4 is 11.9 Å². The Balaban J connectivity index is 1.30. The van der Waals surface area contributed by atoms with Crippen LogP contribution in [0, 0.1) is 5.92 Å². The highest BCUT2D eigenvalue weighted by atomic mass is 16.5. The Morgan fingerprint density at radius 3 is 2.46 bits per heavy atom. The molecule has 2 saturated heterocycles. The van der Waals surface area contributed by atoms with Crippen molar-refractivity contribution in [2.75, 3.05) is 46.9 Å². The standard InChI is InChI=1S/C27H42N4O4/c1-29(2)27(21-7-4-3-5-8-21)14-12-25(13-15-27)19-30(16-9-23(32)28-22-17-35-18-22)24(33)31(25)20-26(34)10-6-11-26/h3-5,7,21-22,34H,6,8-20H2,1-2H3,(H,28,32)/t21?,25-,27+. The van der Waals surface area contributed by atoms with Gasteiger partial charge in [0.1, 0.15) is 0 Å². The van der Waals surface area contributed by atoms with Gasteiger partial charge in [-0.15, -0.1) is 0 Å². The third-order valence-corrected chi connectivity index (χ3v) is 9.52. The van der Waals surface area contributed by atoms with E-state index in [1.54, 1.807) is 0 Å². The van der Waals surface area contributed by atoms with Gasteiger partial charge in [-0.3, -0.25) is 4.79 Å². The highest BCUT2D eigenvalue weighted by Gasteiger charge is 2.57. The van der Waals surface area contributed by atoms with E-state index in [0.29, 0.717) is 45.2 Å². The van der Waals surface area contributed by atoms with Crippen molar-refractivity contribution in [3.8, 4) is 0 Å². The van der Waals surface area contributed by atoms with Gasteiger partial charge in [-0.05, 0) is 71.4 Å². The first-order valence-corrected chi connectivity index (χ1v) is 13.4. The second-order valence-corrected chi connectivity index (χ2v) is 11.8. The number of hydrogen-bond acceptors (Lipinski definition) is 5. The number of β-amino-alcohol motifs (C(OH)–C–C–N with tert-alkyl or cyclic N) is 1. The molecule has 0 aromatic heterocycles. The number of urea groups is 1. The third kappa shape index (κ3) is 4.65. The number of nitrogens with zero attached hydrogens (tertiary/aromatic N) is 3. The molecule has 2 aliphatic heterocycles. The van der Waals surface area contributed by atoms with Gasteiger partial charge in [0.25, 0.3) is 0 Å². The van der Waals surface area contributed by atoms with Crippen LogP contribution in [0.1, 0.15) is 57.8 Å². The summed E-state index contributed by atoms with van der Waals surface area (Å²) in [5.74, 6) is 0.445. The van der Waals surface area contributed by atoms with E-state index in [2.05, 4.69) is 48.6 Å². The first-order chi connectivity index (χ1) is 16.8. The molecule has 8 heteroatoms. The minimum absolute atomic E-state index is 0.0112. The monoisotopic (exact) mass is 486 g/mol. The number of ether oxygens (including phenoxy) is 1. The van der Waals surface area contributed by atoms with Crippen molar-refractivity contribution in [2.45, 2.75) is 80.5 Å². The predicted octanol–water partition coefficient (Wildman–Crippen LogP) is 2.29. The molecule has 2 N–H and O–H groups in total. The van der Waals surface area contributed by atoms with E-state index in [9.17, 15) is 14.7 Å². The van der Waals surface area contributed by atoms with Crippen LogP contribution in [0.5, 0.6) is 0 Å². The van der Waals surface area contributed by atoms with Gasteiger partial charge in [-0.1, -0.05) is 24.3 Å². The summed E-state index contributed by atoms with van der Waals surface area (Å²) in [6.07, 6.45) is 16.7. The van der Waals surface area contributed by atoms with Crippen LogP contribution in [0.25, 0.3) is 0 Å². The van der Waals surface area contributed by atoms with E-state index in [-0.39, 0.29) is 29.1 Å². The van der Waals surface area contributed by atoms with Gasteiger partial charge in [0.15, 0.2) is 0 Å². The number of carbonyl (C=O) groups is 2. The topological polar surface area (TPSA) is 85.4 Å². The Kier molecular flexibility index (Phi) is 6.74. The maximum Gasteiger partial charge on any atom is 0.320 e. The molecule has 3 amide bonds. The maximum atomic E-state index is 13.7. The molecule has 0 radical (unpaired) electrons. The minimum Gasteiger partial charge on any atom is -0.388 e. The largest absolute Gasteiger partial charge is 0.388 e. The van der Waals surface area contributed by atoms with E-state index in [0.717, 1.165) is 51.4 Å². The zero-order valence-electron chi connectivity index (χ0n) is 21.4. The van der Waals surface area contributed by atoms with E-state index in [1.807, 2.05) is 9.80 Å². The van der Waals surface area contributed by atoms with Crippen LogP contribution in [0.2, 0.25) is 0 Å². The van der Waals surface area contributed by atoms with Crippen LogP contribution in [-0.4, -0.2) is 101 Å². The summed E-state index contributed by atoms with van der Waals surface area (Å²) >= 11 is 0. The van der Waals surface area contributed by atoms with Crippen LogP contribution >= 0.6 is 0 Å². The van der Waals surface area contributed by atoms with Crippen molar-refractivity contribution in [1.82, 2.24) is 20.0 Å². The SMILES string of the molecule is CN(C)[C@]1(C2C=CC=CC2)CC[C@]2(CC1)CN(CCC(=O)NC1COC1)C(=O)N2CC1(O)CCC1. The minimum atomic E-state index is -0.757. The average Bonchev–Trinajstić information content (AvgIpc) is 3.05. The van der Waals surface area contributed by atoms with Gasteiger partial charge in [-0.25, -0.2) is 4.79 Å². The molecule has 0 aromatic rings. The lowest BCUT2D eigenvalue weighted by Gasteiger charge is -2.54. The quantitative estimate of drug-likeness (QED) is 0.550. The van der Waals surface area contributed by atoms with Crippen molar-refractivity contribution < 1.29 is 19.4 Å². The smallest absolute Gasteiger partial charge is 0.320 e. The average molecular weight is 487 g/mol. The van der Waals surface area contributed by atoms with Crippen molar-refractivity contribution in [3.05, 3.63) is 24.3 Å². The number of hydrogen-bond donors (Lipinski definition) is 2. The van der Waals surface area contributed by atoms with E-state index in [4.69, 9.17) is 4.74 Å². The molecule has 3 aliphatic carbocycles. The Morgan fingerprint density at radius 2 is 1.91 bits per heavy atom. The molecule has 5 rings (SSSR count). The summed E-state index contributed by atoms with van der Waals surface area (Å²) in [7, 11) is 4.38. The highest BCUT2D eigenvalue weighted by molar-refractivity contribution is 5.80. The zero-order chi connectivity index (χ0) is 24.7. The summed E-state index contributed by atoms with van der Waals surface area (Å²) < 4.78 is 5.14. The summed E-state index contributed by atoms with van der Waals surface area (Å²) in [5.41, 5.74) is -0.950. The fourth-order valence-corrected chi connectivity index (χ4v) is 6.89. The lowest BCUT2D eigenvalue weighted by atomic mass is 9.64. The molecule has 0 bridgehead atoms. The molecule has 194 valence electrons. The van der Waals surface area contributed by atoms with Crippen LogP contribution in [0.3, 0.4) is 0 Å². The Labute approximate surface area is 209 Å². The molecule has 1 unspecified atom stereocenters. The Bertz CT molecular complexity index is 868. The number of amides is 3. The molecule has 2 saturated carbocycles. The van der Waals surface area contributed by atoms with E-state index >= 15 is 0 Å². The second kappa shape index (κ2) is 9.52. The third-order valence-electron chi connectivity index (χ3n) is 9.52. The van der Waals surface area contributed by atoms with E-state index in [1.165, 1.54) is 0 Å². The van der Waals surface area contributed by atoms with E-state index < -0.39 is 5.60 Å². The molecule has 2 heterocycles. The normalized spacial score (nSPS) is 34.4. The van der Waals surface area contributed by atoms with Crippen LogP contribution < -0.4 is 5.32 Å². The van der Waals surface area contributed by atoms with Crippen molar-refractivity contribution in [2.24, 2.45) is 5.92 Å². The molecule has 8 nitrogen and oxygen atoms in total. The molecule has 35 heavy (non-hydrogen) atoms. The fourth-order valence-electron chi connectivity index (χ4n) is 6.89. The van der Waals surface area contributed by atoms with Crippen LogP contribution in [-0.2, 0) is 9.53 Å². The van der Waals surface area contributed by atoms with Gasteiger partial charge >= 0.3 is 6.03 Å². The number of rotatable bonds is 8. The zero-order valence-corrected chi connectivity index (χ0v) is 21.4. The van der Waals surface area contributed by atoms with Crippen molar-refractivity contribution in [3.63, 3.8) is 0 Å². The first-order valence-electron chi connectivity index (χ1n) is 13.4. The summed E-state index contributed by atoms with van der Waals surface area (Å²) in [4.78, 5) is 32.3. The molecular formula is C27H42N4O4. The number of allylic oxidation sites excluding steroid dienone is 3. The summed E-state index contributed by atoms with van der Waals surface area (Å²) in [6, 6.07) is 0.0941. The van der Waals surface area contributed by atoms with Gasteiger partial charge in [-0.2, -0.15) is 0 Å². The molecule has 5 aliphatic rings. The van der Waals surface area contributed by atoms with Gasteiger partial charge < -0.3 is 29.9 Å². The molecule has 0 aromatic carbocycles. The molecule has 1 atom stereocenters. The molecule has 1 spiro atoms. The summed E-state index contributed by atoms with van der Waals surface area (Å²) in [6.45, 7) is 2.62. The van der Waals surface area contributed by atoms with Gasteiger partial charge in [0.2, 0.25) is 5.91 Å². The second-order valence-electron chi connectivity index (χ2n) is 11.8. The lowest BCUT2D eigenvalue weighted by molar-refractivity contribution is -0.125. The fraction of sp³-hybridized carbons (Fsp3) is 0.778. The first kappa shape index (κ1) is 24.8. The number of nitrogens with one attached hydrogen (secondary N) is 1. The maximum absolute atomic E-state index is 13.7.